The predicted molar refractivity (Wildman–Crippen MR) is 88.8 cm³/mol. The Morgan fingerprint density at radius 2 is 1.53 bits per heavy atom. The van der Waals surface area contributed by atoms with Crippen molar-refractivity contribution in [1.82, 2.24) is 0 Å². The van der Waals surface area contributed by atoms with Crippen LogP contribution in [0.4, 0.5) is 0 Å². The second-order valence-corrected chi connectivity index (χ2v) is 13.3. The summed E-state index contributed by atoms with van der Waals surface area (Å²) in [5.41, 5.74) is 2.68. The minimum absolute atomic E-state index is 0.0160. The van der Waals surface area contributed by atoms with Crippen molar-refractivity contribution in [2.75, 3.05) is 0 Å². The molecule has 99 valence electrons. The first-order valence-electron chi connectivity index (χ1n) is 6.37. The van der Waals surface area contributed by atoms with E-state index in [1.54, 1.807) is 14.4 Å². The van der Waals surface area contributed by atoms with E-state index in [4.69, 9.17) is 0 Å². The van der Waals surface area contributed by atoms with Gasteiger partial charge >= 0.3 is 137 Å². The maximum absolute atomic E-state index is 2.33. The Morgan fingerprint density at radius 3 is 2.16 bits per heavy atom. The van der Waals surface area contributed by atoms with Gasteiger partial charge in [-0.3, -0.25) is 0 Å². The van der Waals surface area contributed by atoms with Gasteiger partial charge in [0.1, 0.15) is 0 Å². The molecular formula is C17H19Te2. The van der Waals surface area contributed by atoms with Gasteiger partial charge in [0.15, 0.2) is 0 Å². The first-order valence-corrected chi connectivity index (χ1v) is 11.0. The molecule has 0 aromatic heterocycles. The molecule has 2 heteroatoms. The number of hydrogen-bond donors (Lipinski definition) is 0. The van der Waals surface area contributed by atoms with Gasteiger partial charge in [-0.15, -0.1) is 0 Å². The summed E-state index contributed by atoms with van der Waals surface area (Å²) < 4.78 is 6.31. The standard InChI is InChI=1S/C17H19Te2/c1-12-8-16(9-13(2)18-12)6-5-7-17-10-14(3)19-15(4)11-17/h5-11H,1-4H3/b6-5+. The topological polar surface area (TPSA) is 0 Å². The average molecular weight is 479 g/mol. The van der Waals surface area contributed by atoms with E-state index in [2.05, 4.69) is 70.2 Å². The number of rotatable bonds is 2. The van der Waals surface area contributed by atoms with Crippen molar-refractivity contribution < 1.29 is 0 Å². The third-order valence-corrected chi connectivity index (χ3v) is 7.72. The molecule has 0 fully saturated rings. The zero-order valence-electron chi connectivity index (χ0n) is 11.9. The Morgan fingerprint density at radius 1 is 0.842 bits per heavy atom. The molecule has 0 saturated heterocycles. The van der Waals surface area contributed by atoms with Crippen LogP contribution in [0.5, 0.6) is 0 Å². The van der Waals surface area contributed by atoms with Gasteiger partial charge in [0, 0.05) is 0 Å². The third kappa shape index (κ3) is 5.06. The van der Waals surface area contributed by atoms with Crippen LogP contribution in [0.2, 0.25) is 0 Å². The number of hydrogen-bond acceptors (Lipinski definition) is 0. The van der Waals surface area contributed by atoms with Crippen molar-refractivity contribution in [2.45, 2.75) is 27.7 Å². The molecule has 0 saturated carbocycles. The monoisotopic (exact) mass is 483 g/mol. The molecule has 0 aliphatic carbocycles. The van der Waals surface area contributed by atoms with Gasteiger partial charge in [0.05, 0.1) is 0 Å². The van der Waals surface area contributed by atoms with E-state index in [1.807, 2.05) is 0 Å². The molecule has 0 atom stereocenters. The molecule has 1 radical (unpaired) electrons. The van der Waals surface area contributed by atoms with Gasteiger partial charge in [-0.2, -0.15) is 0 Å². The van der Waals surface area contributed by atoms with E-state index >= 15 is 0 Å². The zero-order chi connectivity index (χ0) is 13.8. The van der Waals surface area contributed by atoms with E-state index < -0.39 is 0 Å². The zero-order valence-corrected chi connectivity index (χ0v) is 16.5. The molecule has 0 N–H and O–H groups in total. The molecule has 2 aliphatic rings. The van der Waals surface area contributed by atoms with Crippen molar-refractivity contribution in [2.24, 2.45) is 0 Å². The van der Waals surface area contributed by atoms with E-state index in [1.165, 1.54) is 11.1 Å². The van der Waals surface area contributed by atoms with Crippen LogP contribution in [0.1, 0.15) is 27.7 Å². The van der Waals surface area contributed by atoms with Crippen molar-refractivity contribution in [3.05, 3.63) is 64.5 Å². The summed E-state index contributed by atoms with van der Waals surface area (Å²) in [6.07, 6.45) is 16.0. The molecule has 2 heterocycles. The molecular weight excluding hydrogens is 459 g/mol. The molecule has 0 aromatic rings. The molecule has 0 bridgehead atoms. The van der Waals surface area contributed by atoms with Crippen LogP contribution in [-0.4, -0.2) is 44.9 Å². The van der Waals surface area contributed by atoms with Crippen LogP contribution < -0.4 is 0 Å². The Hall–Kier alpha value is -0.111. The van der Waals surface area contributed by atoms with Crippen LogP contribution in [0, 0.1) is 0 Å². The van der Waals surface area contributed by atoms with Crippen LogP contribution in [0.3, 0.4) is 0 Å². The second kappa shape index (κ2) is 7.06. The summed E-state index contributed by atoms with van der Waals surface area (Å²) in [6.45, 7) is 9.03. The van der Waals surface area contributed by atoms with Crippen molar-refractivity contribution in [1.29, 1.82) is 0 Å². The maximum atomic E-state index is 2.33. The van der Waals surface area contributed by atoms with E-state index in [0.29, 0.717) is 0 Å². The normalized spacial score (nSPS) is 19.6. The number of allylic oxidation sites excluding steroid dienone is 12. The van der Waals surface area contributed by atoms with E-state index in [0.717, 1.165) is 0 Å². The average Bonchev–Trinajstić information content (AvgIpc) is 2.26. The van der Waals surface area contributed by atoms with Crippen LogP contribution in [-0.2, 0) is 0 Å². The minimum atomic E-state index is -0.0160. The van der Waals surface area contributed by atoms with E-state index in [-0.39, 0.29) is 41.4 Å². The molecule has 0 aromatic carbocycles. The third-order valence-electron chi connectivity index (χ3n) is 2.70. The summed E-state index contributed by atoms with van der Waals surface area (Å²) in [5, 5.41) is 0. The van der Waals surface area contributed by atoms with Crippen LogP contribution in [0.15, 0.2) is 64.5 Å². The fourth-order valence-electron chi connectivity index (χ4n) is 2.11. The Bertz CT molecular complexity index is 568. The summed E-state index contributed by atoms with van der Waals surface area (Å²) in [6, 6.07) is 0. The van der Waals surface area contributed by atoms with E-state index in [9.17, 15) is 0 Å². The van der Waals surface area contributed by atoms with Gasteiger partial charge in [0.2, 0.25) is 0 Å². The van der Waals surface area contributed by atoms with Crippen LogP contribution >= 0.6 is 0 Å². The Balaban J connectivity index is 2.13. The first kappa shape index (κ1) is 15.3. The van der Waals surface area contributed by atoms with Crippen molar-refractivity contribution >= 4 is 44.9 Å². The first-order chi connectivity index (χ1) is 9.02. The molecule has 2 aliphatic heterocycles. The Labute approximate surface area is 136 Å². The van der Waals surface area contributed by atoms with Gasteiger partial charge in [0.25, 0.3) is 0 Å². The molecule has 0 amide bonds. The summed E-state index contributed by atoms with van der Waals surface area (Å²) in [4.78, 5) is 0. The van der Waals surface area contributed by atoms with Crippen LogP contribution in [0.25, 0.3) is 0 Å². The molecule has 0 unspecified atom stereocenters. The summed E-state index contributed by atoms with van der Waals surface area (Å²) in [5.74, 6) is 0. The van der Waals surface area contributed by atoms with Gasteiger partial charge in [-0.25, -0.2) is 0 Å². The summed E-state index contributed by atoms with van der Waals surface area (Å²) in [7, 11) is 0. The van der Waals surface area contributed by atoms with Gasteiger partial charge < -0.3 is 0 Å². The second-order valence-electron chi connectivity index (χ2n) is 4.75. The fourth-order valence-corrected chi connectivity index (χ4v) is 7.24. The molecule has 0 nitrogen and oxygen atoms in total. The Kier molecular flexibility index (Phi) is 5.68. The fraction of sp³-hybridized carbons (Fsp3) is 0.235. The SMILES string of the molecule is CC1=CC(=C/C=C/C2=CC(C)=[Te]C(C)=C2)C=C(C)[Te]1. The summed E-state index contributed by atoms with van der Waals surface area (Å²) >= 11 is -0.0321. The molecule has 2 rings (SSSR count). The van der Waals surface area contributed by atoms with Crippen molar-refractivity contribution in [3.63, 3.8) is 0 Å². The van der Waals surface area contributed by atoms with Gasteiger partial charge in [-0.05, 0) is 0 Å². The quantitative estimate of drug-likeness (QED) is 0.531. The predicted octanol–water partition coefficient (Wildman–Crippen LogP) is 3.73. The van der Waals surface area contributed by atoms with Gasteiger partial charge in [-0.1, -0.05) is 0 Å². The molecule has 0 spiro atoms. The van der Waals surface area contributed by atoms with Crippen molar-refractivity contribution in [3.8, 4) is 0 Å². The molecule has 19 heavy (non-hydrogen) atoms.